The first-order chi connectivity index (χ1) is 8.54. The Morgan fingerprint density at radius 3 is 2.67 bits per heavy atom. The summed E-state index contributed by atoms with van der Waals surface area (Å²) in [4.78, 5) is 2.14. The van der Waals surface area contributed by atoms with E-state index in [0.717, 1.165) is 36.7 Å². The van der Waals surface area contributed by atoms with Crippen molar-refractivity contribution in [2.24, 2.45) is 5.92 Å². The molecule has 0 aliphatic heterocycles. The summed E-state index contributed by atoms with van der Waals surface area (Å²) in [5, 5.41) is 13.4. The van der Waals surface area contributed by atoms with E-state index < -0.39 is 0 Å². The molecule has 0 aliphatic carbocycles. The van der Waals surface area contributed by atoms with E-state index in [1.165, 1.54) is 0 Å². The van der Waals surface area contributed by atoms with Crippen LogP contribution in [0, 0.1) is 24.2 Å². The zero-order valence-electron chi connectivity index (χ0n) is 11.8. The number of nitriles is 1. The summed E-state index contributed by atoms with van der Waals surface area (Å²) < 4.78 is 1.96. The molecule has 0 saturated heterocycles. The molecule has 0 aliphatic rings. The van der Waals surface area contributed by atoms with E-state index in [-0.39, 0.29) is 5.92 Å². The number of aromatic nitrogens is 2. The van der Waals surface area contributed by atoms with Crippen LogP contribution in [0.2, 0.25) is 0 Å². The van der Waals surface area contributed by atoms with Crippen molar-refractivity contribution in [3.8, 4) is 6.07 Å². The number of rotatable bonds is 6. The first kappa shape index (κ1) is 14.4. The molecule has 0 bridgehead atoms. The average molecular weight is 249 g/mol. The SMILES string of the molecule is CCCn1nc(C)c(N)c1N(CC)CC(C)C#N. The second-order valence-electron chi connectivity index (χ2n) is 4.61. The topological polar surface area (TPSA) is 70.9 Å². The van der Waals surface area contributed by atoms with Crippen LogP contribution >= 0.6 is 0 Å². The molecule has 0 aromatic carbocycles. The Kier molecular flexibility index (Phi) is 5.02. The Bertz CT molecular complexity index is 429. The molecule has 0 amide bonds. The van der Waals surface area contributed by atoms with Crippen LogP contribution in [-0.2, 0) is 6.54 Å². The molecule has 1 heterocycles. The van der Waals surface area contributed by atoms with Crippen LogP contribution in [-0.4, -0.2) is 22.9 Å². The van der Waals surface area contributed by atoms with E-state index in [1.54, 1.807) is 0 Å². The molecule has 18 heavy (non-hydrogen) atoms. The smallest absolute Gasteiger partial charge is 0.150 e. The maximum absolute atomic E-state index is 8.94. The lowest BCUT2D eigenvalue weighted by Gasteiger charge is -2.25. The Hall–Kier alpha value is -1.70. The molecule has 5 nitrogen and oxygen atoms in total. The average Bonchev–Trinajstić information content (AvgIpc) is 2.63. The lowest BCUT2D eigenvalue weighted by atomic mass is 10.2. The molecular formula is C13H23N5. The van der Waals surface area contributed by atoms with Crippen molar-refractivity contribution in [2.75, 3.05) is 23.7 Å². The third-order valence-electron chi connectivity index (χ3n) is 2.98. The fourth-order valence-corrected chi connectivity index (χ4v) is 2.02. The number of aryl methyl sites for hydroxylation is 2. The van der Waals surface area contributed by atoms with Gasteiger partial charge in [0.25, 0.3) is 0 Å². The van der Waals surface area contributed by atoms with Crippen LogP contribution in [0.5, 0.6) is 0 Å². The highest BCUT2D eigenvalue weighted by molar-refractivity contribution is 5.66. The second kappa shape index (κ2) is 6.29. The molecule has 0 fully saturated rings. The molecule has 5 heteroatoms. The summed E-state index contributed by atoms with van der Waals surface area (Å²) in [6.45, 7) is 10.4. The minimum absolute atomic E-state index is 0.0189. The minimum atomic E-state index is -0.0189. The number of nitrogens with two attached hydrogens (primary N) is 1. The Morgan fingerprint density at radius 2 is 2.17 bits per heavy atom. The van der Waals surface area contributed by atoms with E-state index >= 15 is 0 Å². The predicted molar refractivity (Wildman–Crippen MR) is 74.3 cm³/mol. The maximum atomic E-state index is 8.94. The monoisotopic (exact) mass is 249 g/mol. The number of nitrogens with zero attached hydrogens (tertiary/aromatic N) is 4. The van der Waals surface area contributed by atoms with Gasteiger partial charge >= 0.3 is 0 Å². The van der Waals surface area contributed by atoms with E-state index in [0.29, 0.717) is 6.54 Å². The lowest BCUT2D eigenvalue weighted by Crippen LogP contribution is -2.30. The molecule has 2 N–H and O–H groups in total. The Labute approximate surface area is 109 Å². The molecule has 1 rings (SSSR count). The number of anilines is 2. The van der Waals surface area contributed by atoms with Crippen LogP contribution in [0.4, 0.5) is 11.5 Å². The van der Waals surface area contributed by atoms with Crippen molar-refractivity contribution in [1.29, 1.82) is 5.26 Å². The van der Waals surface area contributed by atoms with Crippen molar-refractivity contribution >= 4 is 11.5 Å². The molecular weight excluding hydrogens is 226 g/mol. The van der Waals surface area contributed by atoms with E-state index in [4.69, 9.17) is 11.0 Å². The molecule has 0 radical (unpaired) electrons. The molecule has 0 saturated carbocycles. The van der Waals surface area contributed by atoms with Crippen LogP contribution in [0.15, 0.2) is 0 Å². The third kappa shape index (κ3) is 2.95. The molecule has 1 aromatic heterocycles. The molecule has 1 aromatic rings. The fourth-order valence-electron chi connectivity index (χ4n) is 2.02. The normalized spacial score (nSPS) is 12.2. The highest BCUT2D eigenvalue weighted by atomic mass is 15.4. The largest absolute Gasteiger partial charge is 0.394 e. The second-order valence-corrected chi connectivity index (χ2v) is 4.61. The fraction of sp³-hybridized carbons (Fsp3) is 0.692. The van der Waals surface area contributed by atoms with Gasteiger partial charge in [0, 0.05) is 19.6 Å². The summed E-state index contributed by atoms with van der Waals surface area (Å²) in [5.74, 6) is 0.939. The minimum Gasteiger partial charge on any atom is -0.394 e. The molecule has 0 spiro atoms. The lowest BCUT2D eigenvalue weighted by molar-refractivity contribution is 0.575. The van der Waals surface area contributed by atoms with Crippen LogP contribution in [0.1, 0.15) is 32.9 Å². The van der Waals surface area contributed by atoms with Gasteiger partial charge in [-0.2, -0.15) is 10.4 Å². The Morgan fingerprint density at radius 1 is 1.50 bits per heavy atom. The molecule has 1 atom stereocenters. The van der Waals surface area contributed by atoms with Crippen molar-refractivity contribution in [3.63, 3.8) is 0 Å². The van der Waals surface area contributed by atoms with Crippen molar-refractivity contribution in [1.82, 2.24) is 9.78 Å². The van der Waals surface area contributed by atoms with Crippen LogP contribution < -0.4 is 10.6 Å². The summed E-state index contributed by atoms with van der Waals surface area (Å²) in [5.41, 5.74) is 7.71. The highest BCUT2D eigenvalue weighted by Crippen LogP contribution is 2.27. The number of hydrogen-bond acceptors (Lipinski definition) is 4. The van der Waals surface area contributed by atoms with Gasteiger partial charge < -0.3 is 10.6 Å². The zero-order chi connectivity index (χ0) is 13.7. The van der Waals surface area contributed by atoms with E-state index in [2.05, 4.69) is 29.9 Å². The van der Waals surface area contributed by atoms with Crippen LogP contribution in [0.3, 0.4) is 0 Å². The third-order valence-corrected chi connectivity index (χ3v) is 2.98. The summed E-state index contributed by atoms with van der Waals surface area (Å²) in [6, 6.07) is 2.27. The first-order valence-corrected chi connectivity index (χ1v) is 6.52. The van der Waals surface area contributed by atoms with Gasteiger partial charge in [-0.1, -0.05) is 6.92 Å². The van der Waals surface area contributed by atoms with Crippen LogP contribution in [0.25, 0.3) is 0 Å². The zero-order valence-corrected chi connectivity index (χ0v) is 11.8. The predicted octanol–water partition coefficient (Wildman–Crippen LogP) is 2.17. The van der Waals surface area contributed by atoms with E-state index in [9.17, 15) is 0 Å². The number of hydrogen-bond donors (Lipinski definition) is 1. The highest BCUT2D eigenvalue weighted by Gasteiger charge is 2.19. The summed E-state index contributed by atoms with van der Waals surface area (Å²) >= 11 is 0. The van der Waals surface area contributed by atoms with Gasteiger partial charge in [0.05, 0.1) is 23.4 Å². The van der Waals surface area contributed by atoms with Gasteiger partial charge in [-0.15, -0.1) is 0 Å². The van der Waals surface area contributed by atoms with Gasteiger partial charge in [-0.25, -0.2) is 4.68 Å². The van der Waals surface area contributed by atoms with Crippen molar-refractivity contribution < 1.29 is 0 Å². The Balaban J connectivity index is 3.07. The van der Waals surface area contributed by atoms with Gasteiger partial charge in [-0.3, -0.25) is 0 Å². The number of nitrogen functional groups attached to an aromatic ring is 1. The quantitative estimate of drug-likeness (QED) is 0.838. The summed E-state index contributed by atoms with van der Waals surface area (Å²) in [7, 11) is 0. The molecule has 100 valence electrons. The van der Waals surface area contributed by atoms with Crippen molar-refractivity contribution in [2.45, 2.75) is 40.7 Å². The van der Waals surface area contributed by atoms with Gasteiger partial charge in [0.1, 0.15) is 0 Å². The van der Waals surface area contributed by atoms with Gasteiger partial charge in [-0.05, 0) is 27.2 Å². The maximum Gasteiger partial charge on any atom is 0.150 e. The standard InChI is InChI=1S/C13H23N5/c1-5-7-18-13(12(15)11(4)16-18)17(6-2)9-10(3)8-14/h10H,5-7,9,15H2,1-4H3. The van der Waals surface area contributed by atoms with E-state index in [1.807, 2.05) is 18.5 Å². The molecule has 1 unspecified atom stereocenters. The summed E-state index contributed by atoms with van der Waals surface area (Å²) in [6.07, 6.45) is 1.01. The van der Waals surface area contributed by atoms with Gasteiger partial charge in [0.2, 0.25) is 0 Å². The van der Waals surface area contributed by atoms with Crippen molar-refractivity contribution in [3.05, 3.63) is 5.69 Å². The van der Waals surface area contributed by atoms with Gasteiger partial charge in [0.15, 0.2) is 5.82 Å². The first-order valence-electron chi connectivity index (χ1n) is 6.52.